The van der Waals surface area contributed by atoms with Crippen LogP contribution in [0.5, 0.6) is 0 Å². The highest BCUT2D eigenvalue weighted by atomic mass is 15.3. The van der Waals surface area contributed by atoms with Crippen molar-refractivity contribution in [1.82, 2.24) is 19.8 Å². The molecule has 0 aliphatic carbocycles. The van der Waals surface area contributed by atoms with E-state index in [1.807, 2.05) is 60.8 Å². The minimum absolute atomic E-state index is 0.787. The maximum Gasteiger partial charge on any atom is 0.185 e. The Morgan fingerprint density at radius 3 is 2.47 bits per heavy atom. The van der Waals surface area contributed by atoms with Gasteiger partial charge in [-0.2, -0.15) is 5.10 Å². The first kappa shape index (κ1) is 10.2. The van der Waals surface area contributed by atoms with Crippen LogP contribution in [0.2, 0.25) is 0 Å². The number of hydrogen-bond donors (Lipinski definition) is 0. The van der Waals surface area contributed by atoms with Crippen LogP contribution in [0.4, 0.5) is 0 Å². The van der Waals surface area contributed by atoms with Gasteiger partial charge in [-0.1, -0.05) is 42.5 Å². The monoisotopic (exact) mass is 246 g/mol. The van der Waals surface area contributed by atoms with Gasteiger partial charge in [-0.3, -0.25) is 0 Å². The van der Waals surface area contributed by atoms with E-state index in [1.165, 1.54) is 0 Å². The van der Waals surface area contributed by atoms with Gasteiger partial charge in [0.15, 0.2) is 5.65 Å². The SMILES string of the molecule is c1ccc(-c2cn3nc4ccccc4c3nn2)cc1. The van der Waals surface area contributed by atoms with E-state index >= 15 is 0 Å². The van der Waals surface area contributed by atoms with Crippen LogP contribution in [0, 0.1) is 0 Å². The molecule has 4 rings (SSSR count). The van der Waals surface area contributed by atoms with E-state index in [-0.39, 0.29) is 0 Å². The number of nitrogens with zero attached hydrogens (tertiary/aromatic N) is 4. The summed E-state index contributed by atoms with van der Waals surface area (Å²) >= 11 is 0. The van der Waals surface area contributed by atoms with Crippen molar-refractivity contribution in [1.29, 1.82) is 0 Å². The molecule has 0 aliphatic heterocycles. The zero-order valence-corrected chi connectivity index (χ0v) is 10.1. The van der Waals surface area contributed by atoms with E-state index < -0.39 is 0 Å². The van der Waals surface area contributed by atoms with Gasteiger partial charge in [-0.05, 0) is 12.1 Å². The molecule has 2 aromatic heterocycles. The van der Waals surface area contributed by atoms with Crippen molar-refractivity contribution in [3.8, 4) is 11.3 Å². The Hall–Kier alpha value is -2.75. The van der Waals surface area contributed by atoms with Gasteiger partial charge in [-0.25, -0.2) is 4.52 Å². The molecular formula is C15H10N4. The Morgan fingerprint density at radius 2 is 1.58 bits per heavy atom. The predicted octanol–water partition coefficient (Wildman–Crippen LogP) is 2.94. The molecule has 4 heteroatoms. The van der Waals surface area contributed by atoms with Gasteiger partial charge >= 0.3 is 0 Å². The van der Waals surface area contributed by atoms with Gasteiger partial charge in [-0.15, -0.1) is 10.2 Å². The summed E-state index contributed by atoms with van der Waals surface area (Å²) in [6, 6.07) is 17.9. The summed E-state index contributed by atoms with van der Waals surface area (Å²) in [7, 11) is 0. The lowest BCUT2D eigenvalue weighted by atomic mass is 10.2. The molecule has 0 N–H and O–H groups in total. The van der Waals surface area contributed by atoms with Crippen LogP contribution in [0.1, 0.15) is 0 Å². The molecule has 2 heterocycles. The summed E-state index contributed by atoms with van der Waals surface area (Å²) in [4.78, 5) is 0. The Kier molecular flexibility index (Phi) is 2.08. The molecule has 0 bridgehead atoms. The number of hydrogen-bond acceptors (Lipinski definition) is 3. The van der Waals surface area contributed by atoms with Crippen molar-refractivity contribution in [3.63, 3.8) is 0 Å². The fourth-order valence-electron chi connectivity index (χ4n) is 2.21. The number of benzene rings is 2. The lowest BCUT2D eigenvalue weighted by molar-refractivity contribution is 0.905. The van der Waals surface area contributed by atoms with Gasteiger partial charge in [0, 0.05) is 10.9 Å². The van der Waals surface area contributed by atoms with Gasteiger partial charge in [0.25, 0.3) is 0 Å². The zero-order valence-electron chi connectivity index (χ0n) is 10.1. The average molecular weight is 246 g/mol. The third kappa shape index (κ3) is 1.57. The summed E-state index contributed by atoms with van der Waals surface area (Å²) in [5, 5.41) is 14.1. The molecule has 0 amide bonds. The van der Waals surface area contributed by atoms with Gasteiger partial charge in [0.2, 0.25) is 0 Å². The fraction of sp³-hybridized carbons (Fsp3) is 0. The first-order chi connectivity index (χ1) is 9.42. The van der Waals surface area contributed by atoms with E-state index in [2.05, 4.69) is 15.3 Å². The highest BCUT2D eigenvalue weighted by Crippen LogP contribution is 2.20. The van der Waals surface area contributed by atoms with Crippen molar-refractivity contribution >= 4 is 16.6 Å². The molecule has 0 atom stereocenters. The first-order valence-electron chi connectivity index (χ1n) is 6.08. The molecule has 2 aromatic carbocycles. The molecule has 0 fully saturated rings. The summed E-state index contributed by atoms with van der Waals surface area (Å²) in [5.41, 5.74) is 3.58. The van der Waals surface area contributed by atoms with Gasteiger partial charge < -0.3 is 0 Å². The molecule has 0 spiro atoms. The molecule has 19 heavy (non-hydrogen) atoms. The van der Waals surface area contributed by atoms with E-state index in [0.717, 1.165) is 27.8 Å². The van der Waals surface area contributed by atoms with Crippen LogP contribution in [0.25, 0.3) is 27.8 Å². The standard InChI is InChI=1S/C15H10N4/c1-2-6-11(7-3-1)14-10-19-15(17-16-14)12-8-4-5-9-13(12)18-19/h1-10H. The van der Waals surface area contributed by atoms with Crippen molar-refractivity contribution in [2.24, 2.45) is 0 Å². The second kappa shape index (κ2) is 3.88. The van der Waals surface area contributed by atoms with Crippen molar-refractivity contribution < 1.29 is 0 Å². The second-order valence-corrected chi connectivity index (χ2v) is 4.37. The molecule has 0 aliphatic rings. The normalized spacial score (nSPS) is 11.2. The third-order valence-electron chi connectivity index (χ3n) is 3.14. The lowest BCUT2D eigenvalue weighted by Crippen LogP contribution is -1.95. The van der Waals surface area contributed by atoms with Crippen molar-refractivity contribution in [2.75, 3.05) is 0 Å². The van der Waals surface area contributed by atoms with Crippen LogP contribution < -0.4 is 0 Å². The highest BCUT2D eigenvalue weighted by Gasteiger charge is 2.07. The Morgan fingerprint density at radius 1 is 0.789 bits per heavy atom. The predicted molar refractivity (Wildman–Crippen MR) is 73.7 cm³/mol. The molecule has 0 saturated heterocycles. The molecule has 4 aromatic rings. The van der Waals surface area contributed by atoms with Gasteiger partial charge in [0.05, 0.1) is 11.7 Å². The second-order valence-electron chi connectivity index (χ2n) is 4.37. The maximum absolute atomic E-state index is 4.52. The zero-order chi connectivity index (χ0) is 12.7. The maximum atomic E-state index is 4.52. The summed E-state index contributed by atoms with van der Waals surface area (Å²) in [6.45, 7) is 0. The Labute approximate surface area is 109 Å². The highest BCUT2D eigenvalue weighted by molar-refractivity contribution is 5.91. The van der Waals surface area contributed by atoms with Crippen molar-refractivity contribution in [3.05, 3.63) is 60.8 Å². The van der Waals surface area contributed by atoms with E-state index in [4.69, 9.17) is 0 Å². The fourth-order valence-corrected chi connectivity index (χ4v) is 2.21. The molecule has 4 nitrogen and oxygen atoms in total. The average Bonchev–Trinajstić information content (AvgIpc) is 2.86. The quantitative estimate of drug-likeness (QED) is 0.518. The van der Waals surface area contributed by atoms with Crippen LogP contribution in [0.3, 0.4) is 0 Å². The Balaban J connectivity index is 1.99. The smallest absolute Gasteiger partial charge is 0.185 e. The molecule has 0 unspecified atom stereocenters. The van der Waals surface area contributed by atoms with Crippen molar-refractivity contribution in [2.45, 2.75) is 0 Å². The molecule has 0 saturated carbocycles. The van der Waals surface area contributed by atoms with Crippen LogP contribution in [0.15, 0.2) is 60.8 Å². The summed E-state index contributed by atoms with van der Waals surface area (Å²) < 4.78 is 1.79. The van der Waals surface area contributed by atoms with Gasteiger partial charge in [0.1, 0.15) is 5.69 Å². The van der Waals surface area contributed by atoms with Crippen LogP contribution in [-0.4, -0.2) is 19.8 Å². The lowest BCUT2D eigenvalue weighted by Gasteiger charge is -1.99. The van der Waals surface area contributed by atoms with E-state index in [1.54, 1.807) is 4.52 Å². The first-order valence-corrected chi connectivity index (χ1v) is 6.08. The van der Waals surface area contributed by atoms with E-state index in [9.17, 15) is 0 Å². The number of fused-ring (bicyclic) bond motifs is 3. The minimum Gasteiger partial charge on any atom is -0.217 e. The summed E-state index contributed by atoms with van der Waals surface area (Å²) in [5.74, 6) is 0. The summed E-state index contributed by atoms with van der Waals surface area (Å²) in [6.07, 6.45) is 1.91. The topological polar surface area (TPSA) is 43.1 Å². The molecule has 0 radical (unpaired) electrons. The van der Waals surface area contributed by atoms with Crippen LogP contribution >= 0.6 is 0 Å². The third-order valence-corrected chi connectivity index (χ3v) is 3.14. The molecular weight excluding hydrogens is 236 g/mol. The van der Waals surface area contributed by atoms with E-state index in [0.29, 0.717) is 0 Å². The minimum atomic E-state index is 0.787. The largest absolute Gasteiger partial charge is 0.217 e. The number of aromatic nitrogens is 4. The molecule has 90 valence electrons. The van der Waals surface area contributed by atoms with Crippen LogP contribution in [-0.2, 0) is 0 Å². The Bertz CT molecular complexity index is 865. The number of rotatable bonds is 1.